The van der Waals surface area contributed by atoms with Gasteiger partial charge in [-0.15, -0.1) is 0 Å². The van der Waals surface area contributed by atoms with Crippen molar-refractivity contribution in [1.29, 1.82) is 0 Å². The van der Waals surface area contributed by atoms with Crippen LogP contribution in [0.25, 0.3) is 0 Å². The highest BCUT2D eigenvalue weighted by molar-refractivity contribution is 5.14. The summed E-state index contributed by atoms with van der Waals surface area (Å²) >= 11 is 0. The molecule has 1 aliphatic heterocycles. The van der Waals surface area contributed by atoms with Crippen molar-refractivity contribution < 1.29 is 5.11 Å². The molecule has 1 aliphatic rings. The quantitative estimate of drug-likeness (QED) is 0.792. The van der Waals surface area contributed by atoms with E-state index in [1.807, 2.05) is 13.1 Å². The minimum Gasteiger partial charge on any atom is -0.391 e. The summed E-state index contributed by atoms with van der Waals surface area (Å²) in [5.41, 5.74) is 1.34. The Morgan fingerprint density at radius 1 is 1.38 bits per heavy atom. The number of nitrogens with zero attached hydrogens (tertiary/aromatic N) is 1. The minimum atomic E-state index is -0.197. The Labute approximate surface area is 97.1 Å². The van der Waals surface area contributed by atoms with Gasteiger partial charge in [0, 0.05) is 25.7 Å². The Morgan fingerprint density at radius 2 is 2.12 bits per heavy atom. The van der Waals surface area contributed by atoms with E-state index >= 15 is 0 Å². The monoisotopic (exact) mass is 220 g/mol. The van der Waals surface area contributed by atoms with Gasteiger partial charge in [0.25, 0.3) is 0 Å². The van der Waals surface area contributed by atoms with Gasteiger partial charge in [0.2, 0.25) is 0 Å². The molecule has 1 heterocycles. The Bertz CT molecular complexity index is 315. The van der Waals surface area contributed by atoms with Crippen molar-refractivity contribution >= 4 is 0 Å². The van der Waals surface area contributed by atoms with Crippen molar-refractivity contribution in [3.05, 3.63) is 35.9 Å². The molecule has 0 bridgehead atoms. The van der Waals surface area contributed by atoms with Gasteiger partial charge in [0.15, 0.2) is 0 Å². The molecule has 0 spiro atoms. The SMILES string of the molecule is CN[C@@H]1CN(Cc2ccccc2)CC[C@H]1O. The van der Waals surface area contributed by atoms with E-state index in [2.05, 4.69) is 34.5 Å². The predicted molar refractivity (Wildman–Crippen MR) is 65.2 cm³/mol. The lowest BCUT2D eigenvalue weighted by Crippen LogP contribution is -2.52. The topological polar surface area (TPSA) is 35.5 Å². The van der Waals surface area contributed by atoms with Crippen molar-refractivity contribution in [2.75, 3.05) is 20.1 Å². The summed E-state index contributed by atoms with van der Waals surface area (Å²) in [5.74, 6) is 0. The van der Waals surface area contributed by atoms with Gasteiger partial charge in [-0.2, -0.15) is 0 Å². The van der Waals surface area contributed by atoms with Crippen LogP contribution in [0, 0.1) is 0 Å². The standard InChI is InChI=1S/C13H20N2O/c1-14-12-10-15(8-7-13(12)16)9-11-5-3-2-4-6-11/h2-6,12-14,16H,7-10H2,1H3/t12-,13-/m1/s1. The zero-order valence-electron chi connectivity index (χ0n) is 9.76. The zero-order chi connectivity index (χ0) is 11.4. The normalized spacial score (nSPS) is 26.9. The fourth-order valence-corrected chi connectivity index (χ4v) is 2.28. The highest BCUT2D eigenvalue weighted by Gasteiger charge is 2.25. The molecule has 2 rings (SSSR count). The third-order valence-electron chi connectivity index (χ3n) is 3.28. The van der Waals surface area contributed by atoms with E-state index in [-0.39, 0.29) is 12.1 Å². The molecular weight excluding hydrogens is 200 g/mol. The summed E-state index contributed by atoms with van der Waals surface area (Å²) in [6, 6.07) is 10.7. The molecule has 3 heteroatoms. The highest BCUT2D eigenvalue weighted by Crippen LogP contribution is 2.13. The number of rotatable bonds is 3. The van der Waals surface area contributed by atoms with E-state index in [4.69, 9.17) is 0 Å². The number of hydrogen-bond donors (Lipinski definition) is 2. The van der Waals surface area contributed by atoms with E-state index < -0.39 is 0 Å². The van der Waals surface area contributed by atoms with Crippen LogP contribution < -0.4 is 5.32 Å². The second kappa shape index (κ2) is 5.43. The number of piperidine rings is 1. The van der Waals surface area contributed by atoms with E-state index in [0.29, 0.717) is 0 Å². The highest BCUT2D eigenvalue weighted by atomic mass is 16.3. The van der Waals surface area contributed by atoms with Crippen LogP contribution in [-0.4, -0.2) is 42.3 Å². The van der Waals surface area contributed by atoms with Crippen LogP contribution in [-0.2, 0) is 6.54 Å². The van der Waals surface area contributed by atoms with Crippen molar-refractivity contribution in [1.82, 2.24) is 10.2 Å². The van der Waals surface area contributed by atoms with E-state index in [1.54, 1.807) is 0 Å². The minimum absolute atomic E-state index is 0.197. The lowest BCUT2D eigenvalue weighted by atomic mass is 10.0. The summed E-state index contributed by atoms with van der Waals surface area (Å²) in [5, 5.41) is 12.9. The number of nitrogens with one attached hydrogen (secondary N) is 1. The maximum absolute atomic E-state index is 9.76. The third kappa shape index (κ3) is 2.82. The molecule has 0 aromatic heterocycles. The average Bonchev–Trinajstić information content (AvgIpc) is 2.33. The average molecular weight is 220 g/mol. The lowest BCUT2D eigenvalue weighted by molar-refractivity contribution is 0.0475. The van der Waals surface area contributed by atoms with Crippen molar-refractivity contribution in [2.45, 2.75) is 25.1 Å². The number of likely N-dealkylation sites (tertiary alicyclic amines) is 1. The molecule has 1 fully saturated rings. The Balaban J connectivity index is 1.92. The number of likely N-dealkylation sites (N-methyl/N-ethyl adjacent to an activating group) is 1. The molecule has 1 aromatic carbocycles. The molecule has 1 aromatic rings. The van der Waals surface area contributed by atoms with E-state index in [1.165, 1.54) is 5.56 Å². The van der Waals surface area contributed by atoms with Crippen molar-refractivity contribution in [2.24, 2.45) is 0 Å². The number of aliphatic hydroxyl groups excluding tert-OH is 1. The molecule has 16 heavy (non-hydrogen) atoms. The van der Waals surface area contributed by atoms with Crippen LogP contribution in [0.15, 0.2) is 30.3 Å². The van der Waals surface area contributed by atoms with Gasteiger partial charge in [-0.1, -0.05) is 30.3 Å². The lowest BCUT2D eigenvalue weighted by Gasteiger charge is -2.36. The summed E-state index contributed by atoms with van der Waals surface area (Å²) < 4.78 is 0. The largest absolute Gasteiger partial charge is 0.391 e. The van der Waals surface area contributed by atoms with Gasteiger partial charge in [0.05, 0.1) is 6.10 Å². The maximum atomic E-state index is 9.76. The Kier molecular flexibility index (Phi) is 3.93. The first-order valence-corrected chi connectivity index (χ1v) is 5.91. The molecule has 2 atom stereocenters. The molecule has 0 aliphatic carbocycles. The van der Waals surface area contributed by atoms with Crippen LogP contribution in [0.2, 0.25) is 0 Å². The number of aliphatic hydroxyl groups is 1. The first-order valence-electron chi connectivity index (χ1n) is 5.91. The van der Waals surface area contributed by atoms with Crippen molar-refractivity contribution in [3.8, 4) is 0 Å². The Morgan fingerprint density at radius 3 is 2.81 bits per heavy atom. The van der Waals surface area contributed by atoms with Crippen LogP contribution in [0.3, 0.4) is 0 Å². The van der Waals surface area contributed by atoms with Crippen LogP contribution in [0.5, 0.6) is 0 Å². The molecule has 0 radical (unpaired) electrons. The molecule has 0 saturated carbocycles. The summed E-state index contributed by atoms with van der Waals surface area (Å²) in [6.45, 7) is 2.88. The molecule has 2 N–H and O–H groups in total. The fraction of sp³-hybridized carbons (Fsp3) is 0.538. The fourth-order valence-electron chi connectivity index (χ4n) is 2.28. The molecule has 88 valence electrons. The van der Waals surface area contributed by atoms with Gasteiger partial charge in [-0.3, -0.25) is 4.90 Å². The number of hydrogen-bond acceptors (Lipinski definition) is 3. The second-order valence-electron chi connectivity index (χ2n) is 4.47. The molecule has 0 amide bonds. The number of benzene rings is 1. The third-order valence-corrected chi connectivity index (χ3v) is 3.28. The van der Waals surface area contributed by atoms with Crippen LogP contribution >= 0.6 is 0 Å². The van der Waals surface area contributed by atoms with Gasteiger partial charge in [0.1, 0.15) is 0 Å². The van der Waals surface area contributed by atoms with Crippen molar-refractivity contribution in [3.63, 3.8) is 0 Å². The molecule has 0 unspecified atom stereocenters. The first-order chi connectivity index (χ1) is 7.79. The zero-order valence-corrected chi connectivity index (χ0v) is 9.76. The second-order valence-corrected chi connectivity index (χ2v) is 4.47. The van der Waals surface area contributed by atoms with Gasteiger partial charge in [-0.05, 0) is 19.0 Å². The smallest absolute Gasteiger partial charge is 0.0717 e. The first kappa shape index (κ1) is 11.6. The van der Waals surface area contributed by atoms with Crippen LogP contribution in [0.4, 0.5) is 0 Å². The van der Waals surface area contributed by atoms with E-state index in [0.717, 1.165) is 26.1 Å². The summed E-state index contributed by atoms with van der Waals surface area (Å²) in [4.78, 5) is 2.39. The molecule has 1 saturated heterocycles. The van der Waals surface area contributed by atoms with Crippen LogP contribution in [0.1, 0.15) is 12.0 Å². The Hall–Kier alpha value is -0.900. The van der Waals surface area contributed by atoms with E-state index in [9.17, 15) is 5.11 Å². The van der Waals surface area contributed by atoms with Gasteiger partial charge < -0.3 is 10.4 Å². The summed E-state index contributed by atoms with van der Waals surface area (Å²) in [7, 11) is 1.92. The predicted octanol–water partition coefficient (Wildman–Crippen LogP) is 0.841. The van der Waals surface area contributed by atoms with Gasteiger partial charge >= 0.3 is 0 Å². The molecular formula is C13H20N2O. The molecule has 3 nitrogen and oxygen atoms in total. The maximum Gasteiger partial charge on any atom is 0.0717 e. The summed E-state index contributed by atoms with van der Waals surface area (Å²) in [6.07, 6.45) is 0.662. The van der Waals surface area contributed by atoms with Gasteiger partial charge in [-0.25, -0.2) is 0 Å².